The lowest BCUT2D eigenvalue weighted by Crippen LogP contribution is -2.36. The summed E-state index contributed by atoms with van der Waals surface area (Å²) < 4.78 is 23.8. The summed E-state index contributed by atoms with van der Waals surface area (Å²) >= 11 is 7.61. The number of benzene rings is 3. The maximum atomic E-state index is 14.6. The summed E-state index contributed by atoms with van der Waals surface area (Å²) in [4.78, 5) is 15.2. The number of nitrogens with one attached hydrogen (secondary N) is 1. The Bertz CT molecular complexity index is 1610. The predicted molar refractivity (Wildman–Crippen MR) is 148 cm³/mol. The van der Waals surface area contributed by atoms with E-state index in [4.69, 9.17) is 16.3 Å². The second kappa shape index (κ2) is 10.6. The van der Waals surface area contributed by atoms with Gasteiger partial charge in [0, 0.05) is 23.7 Å². The molecule has 6 rings (SSSR count). The zero-order valence-corrected chi connectivity index (χ0v) is 21.9. The molecule has 8 nitrogen and oxygen atoms in total. The SMILES string of the molecule is O=C(CSc1nnc2n(Cc3c(F)cccc3Cl)c3ccccc3n12)Nc1ccccc1N1CCOCC1. The molecule has 0 saturated carbocycles. The van der Waals surface area contributed by atoms with Crippen molar-refractivity contribution in [3.8, 4) is 0 Å². The van der Waals surface area contributed by atoms with Crippen LogP contribution in [0.4, 0.5) is 15.8 Å². The van der Waals surface area contributed by atoms with Crippen LogP contribution in [0.3, 0.4) is 0 Å². The van der Waals surface area contributed by atoms with E-state index in [2.05, 4.69) is 20.4 Å². The largest absolute Gasteiger partial charge is 0.378 e. The van der Waals surface area contributed by atoms with Gasteiger partial charge in [0.05, 0.1) is 47.9 Å². The minimum absolute atomic E-state index is 0.144. The molecule has 5 aromatic rings. The number of halogens is 2. The van der Waals surface area contributed by atoms with Gasteiger partial charge in [-0.3, -0.25) is 9.20 Å². The van der Waals surface area contributed by atoms with E-state index in [1.807, 2.05) is 57.5 Å². The van der Waals surface area contributed by atoms with Gasteiger partial charge in [-0.15, -0.1) is 10.2 Å². The summed E-state index contributed by atoms with van der Waals surface area (Å²) in [6.07, 6.45) is 0. The van der Waals surface area contributed by atoms with Gasteiger partial charge in [0.15, 0.2) is 5.16 Å². The molecule has 3 aromatic carbocycles. The Morgan fingerprint density at radius 1 is 1.00 bits per heavy atom. The Labute approximate surface area is 227 Å². The van der Waals surface area contributed by atoms with E-state index in [9.17, 15) is 9.18 Å². The van der Waals surface area contributed by atoms with Gasteiger partial charge in [-0.25, -0.2) is 4.39 Å². The number of para-hydroxylation sites is 4. The van der Waals surface area contributed by atoms with Crippen LogP contribution < -0.4 is 10.2 Å². The molecule has 1 fully saturated rings. The third-order valence-electron chi connectivity index (χ3n) is 6.51. The maximum Gasteiger partial charge on any atom is 0.237 e. The smallest absolute Gasteiger partial charge is 0.237 e. The van der Waals surface area contributed by atoms with Gasteiger partial charge >= 0.3 is 0 Å². The van der Waals surface area contributed by atoms with Crippen LogP contribution in [-0.2, 0) is 16.1 Å². The topological polar surface area (TPSA) is 76.7 Å². The molecular weight excluding hydrogens is 527 g/mol. The highest BCUT2D eigenvalue weighted by Gasteiger charge is 2.21. The number of carbonyl (C=O) groups excluding carboxylic acids is 1. The van der Waals surface area contributed by atoms with Crippen molar-refractivity contribution in [3.05, 3.63) is 83.1 Å². The zero-order chi connectivity index (χ0) is 26.1. The summed E-state index contributed by atoms with van der Waals surface area (Å²) in [5.74, 6) is 0.175. The molecule has 0 unspecified atom stereocenters. The molecular formula is C27H24ClFN6O2S. The first-order valence-electron chi connectivity index (χ1n) is 12.2. The zero-order valence-electron chi connectivity index (χ0n) is 20.3. The van der Waals surface area contributed by atoms with Gasteiger partial charge in [0.1, 0.15) is 5.82 Å². The van der Waals surface area contributed by atoms with Gasteiger partial charge in [-0.05, 0) is 36.4 Å². The molecule has 0 spiro atoms. The first kappa shape index (κ1) is 24.7. The highest BCUT2D eigenvalue weighted by Crippen LogP contribution is 2.30. The number of rotatable bonds is 7. The van der Waals surface area contributed by atoms with Crippen LogP contribution in [0.15, 0.2) is 71.9 Å². The number of amides is 1. The molecule has 0 radical (unpaired) electrons. The van der Waals surface area contributed by atoms with Crippen LogP contribution in [0.25, 0.3) is 16.8 Å². The molecule has 0 aliphatic carbocycles. The number of hydrogen-bond donors (Lipinski definition) is 1. The second-order valence-corrected chi connectivity index (χ2v) is 10.2. The molecule has 0 atom stereocenters. The number of morpholine rings is 1. The molecule has 11 heteroatoms. The highest BCUT2D eigenvalue weighted by atomic mass is 35.5. The van der Waals surface area contributed by atoms with Gasteiger partial charge in [-0.1, -0.05) is 53.7 Å². The maximum absolute atomic E-state index is 14.6. The van der Waals surface area contributed by atoms with Gasteiger partial charge < -0.3 is 19.5 Å². The third kappa shape index (κ3) is 4.70. The van der Waals surface area contributed by atoms with E-state index >= 15 is 0 Å². The van der Waals surface area contributed by atoms with E-state index in [-0.39, 0.29) is 24.0 Å². The first-order valence-corrected chi connectivity index (χ1v) is 13.6. The fraction of sp³-hybridized carbons (Fsp3) is 0.222. The second-order valence-electron chi connectivity index (χ2n) is 8.85. The molecule has 2 aromatic heterocycles. The van der Waals surface area contributed by atoms with Crippen LogP contribution in [-0.4, -0.2) is 57.1 Å². The minimum atomic E-state index is -0.378. The number of carbonyl (C=O) groups is 1. The Morgan fingerprint density at radius 3 is 2.58 bits per heavy atom. The summed E-state index contributed by atoms with van der Waals surface area (Å²) in [7, 11) is 0. The van der Waals surface area contributed by atoms with Crippen LogP contribution in [0.2, 0.25) is 5.02 Å². The summed E-state index contributed by atoms with van der Waals surface area (Å²) in [6, 6.07) is 20.2. The lowest BCUT2D eigenvalue weighted by molar-refractivity contribution is -0.113. The first-order chi connectivity index (χ1) is 18.6. The average Bonchev–Trinajstić information content (AvgIpc) is 3.49. The quantitative estimate of drug-likeness (QED) is 0.284. The Morgan fingerprint density at radius 2 is 1.76 bits per heavy atom. The molecule has 0 bridgehead atoms. The standard InChI is InChI=1S/C27H24ClFN6O2S/c28-19-6-5-7-20(29)18(19)16-34-23-10-3-4-11-24(23)35-26(34)31-32-27(35)38-17-25(36)30-21-8-1-2-9-22(21)33-12-14-37-15-13-33/h1-11H,12-17H2,(H,30,36). The number of anilines is 2. The molecule has 1 N–H and O–H groups in total. The van der Waals surface area contributed by atoms with Crippen molar-refractivity contribution < 1.29 is 13.9 Å². The molecule has 1 amide bonds. The van der Waals surface area contributed by atoms with Gasteiger partial charge in [0.25, 0.3) is 0 Å². The van der Waals surface area contributed by atoms with Gasteiger partial charge in [0.2, 0.25) is 11.7 Å². The molecule has 1 saturated heterocycles. The lowest BCUT2D eigenvalue weighted by atomic mass is 10.2. The predicted octanol–water partition coefficient (Wildman–Crippen LogP) is 5.09. The van der Waals surface area contributed by atoms with Crippen molar-refractivity contribution in [2.45, 2.75) is 11.7 Å². The Balaban J connectivity index is 1.25. The van der Waals surface area contributed by atoms with E-state index in [0.717, 1.165) is 35.5 Å². The van der Waals surface area contributed by atoms with Crippen molar-refractivity contribution >= 4 is 57.5 Å². The fourth-order valence-electron chi connectivity index (χ4n) is 4.70. The number of thioether (sulfide) groups is 1. The van der Waals surface area contributed by atoms with Crippen LogP contribution in [0.5, 0.6) is 0 Å². The van der Waals surface area contributed by atoms with E-state index in [0.29, 0.717) is 34.7 Å². The Kier molecular flexibility index (Phi) is 6.92. The monoisotopic (exact) mass is 550 g/mol. The number of nitrogens with zero attached hydrogens (tertiary/aromatic N) is 5. The van der Waals surface area contributed by atoms with E-state index < -0.39 is 0 Å². The highest BCUT2D eigenvalue weighted by molar-refractivity contribution is 7.99. The molecule has 3 heterocycles. The summed E-state index contributed by atoms with van der Waals surface area (Å²) in [6.45, 7) is 3.09. The minimum Gasteiger partial charge on any atom is -0.378 e. The van der Waals surface area contributed by atoms with Crippen molar-refractivity contribution in [2.75, 3.05) is 42.3 Å². The fourth-order valence-corrected chi connectivity index (χ4v) is 5.67. The number of aromatic nitrogens is 4. The van der Waals surface area contributed by atoms with Crippen molar-refractivity contribution in [1.29, 1.82) is 0 Å². The number of hydrogen-bond acceptors (Lipinski definition) is 6. The molecule has 194 valence electrons. The molecule has 1 aliphatic rings. The van der Waals surface area contributed by atoms with E-state index in [1.54, 1.807) is 12.1 Å². The third-order valence-corrected chi connectivity index (χ3v) is 7.79. The van der Waals surface area contributed by atoms with Crippen molar-refractivity contribution in [1.82, 2.24) is 19.2 Å². The number of fused-ring (bicyclic) bond motifs is 3. The summed E-state index contributed by atoms with van der Waals surface area (Å²) in [5.41, 5.74) is 3.86. The Hall–Kier alpha value is -3.60. The van der Waals surface area contributed by atoms with Crippen LogP contribution in [0, 0.1) is 5.82 Å². The summed E-state index contributed by atoms with van der Waals surface area (Å²) in [5, 5.41) is 12.7. The lowest BCUT2D eigenvalue weighted by Gasteiger charge is -2.30. The average molecular weight is 551 g/mol. The van der Waals surface area contributed by atoms with Crippen LogP contribution >= 0.6 is 23.4 Å². The molecule has 1 aliphatic heterocycles. The normalized spacial score (nSPS) is 13.9. The van der Waals surface area contributed by atoms with Crippen LogP contribution in [0.1, 0.15) is 5.56 Å². The van der Waals surface area contributed by atoms with Crippen molar-refractivity contribution in [3.63, 3.8) is 0 Å². The van der Waals surface area contributed by atoms with E-state index in [1.165, 1.54) is 17.8 Å². The number of ether oxygens (including phenoxy) is 1. The molecule has 38 heavy (non-hydrogen) atoms. The van der Waals surface area contributed by atoms with Crippen molar-refractivity contribution in [2.24, 2.45) is 0 Å². The van der Waals surface area contributed by atoms with Gasteiger partial charge in [-0.2, -0.15) is 0 Å². The number of imidazole rings is 1.